The molecule has 18 heavy (non-hydrogen) atoms. The van der Waals surface area contributed by atoms with Crippen LogP contribution in [0.1, 0.15) is 0 Å². The van der Waals surface area contributed by atoms with E-state index in [0.29, 0.717) is 0 Å². The molecule has 5 nitrogen and oxygen atoms in total. The third kappa shape index (κ3) is 5.75. The van der Waals surface area contributed by atoms with Gasteiger partial charge in [0.25, 0.3) is 0 Å². The highest BCUT2D eigenvalue weighted by Gasteiger charge is 2.44. The van der Waals surface area contributed by atoms with E-state index in [1.807, 2.05) is 0 Å². The Bertz CT molecular complexity index is 260. The minimum atomic E-state index is -4.70. The maximum Gasteiger partial charge on any atom is 0.503 e. The van der Waals surface area contributed by atoms with Gasteiger partial charge in [-0.15, -0.1) is 0 Å². The lowest BCUT2D eigenvalue weighted by atomic mass is 10.4. The van der Waals surface area contributed by atoms with E-state index >= 15 is 0 Å². The van der Waals surface area contributed by atoms with Gasteiger partial charge in [0, 0.05) is 21.3 Å². The second-order valence-corrected chi connectivity index (χ2v) is 6.19. The van der Waals surface area contributed by atoms with E-state index < -0.39 is 39.8 Å². The summed E-state index contributed by atoms with van der Waals surface area (Å²) in [7, 11) is 0.187. The van der Waals surface area contributed by atoms with Crippen molar-refractivity contribution in [3.05, 3.63) is 0 Å². The second-order valence-electron chi connectivity index (χ2n) is 3.19. The smallest absolute Gasteiger partial charge is 0.454 e. The molecule has 108 valence electrons. The molecule has 0 aromatic carbocycles. The number of ether oxygens (including phenoxy) is 1. The monoisotopic (exact) mass is 294 g/mol. The van der Waals surface area contributed by atoms with Crippen LogP contribution in [0.5, 0.6) is 0 Å². The van der Waals surface area contributed by atoms with Crippen LogP contribution in [-0.2, 0) is 22.8 Å². The van der Waals surface area contributed by atoms with E-state index in [4.69, 9.17) is 13.3 Å². The molecule has 10 heteroatoms. The van der Waals surface area contributed by atoms with Crippen LogP contribution in [-0.4, -0.2) is 55.1 Å². The molecule has 0 bridgehead atoms. The molecule has 0 spiro atoms. The van der Waals surface area contributed by atoms with Crippen LogP contribution in [0.3, 0.4) is 0 Å². The first-order chi connectivity index (χ1) is 8.19. The average Bonchev–Trinajstić information content (AvgIpc) is 2.32. The predicted octanol–water partition coefficient (Wildman–Crippen LogP) is 1.31. The van der Waals surface area contributed by atoms with Gasteiger partial charge in [0.2, 0.25) is 6.17 Å². The van der Waals surface area contributed by atoms with Crippen LogP contribution in [0.15, 0.2) is 0 Å². The van der Waals surface area contributed by atoms with Crippen molar-refractivity contribution in [1.29, 1.82) is 0 Å². The van der Waals surface area contributed by atoms with Crippen molar-refractivity contribution in [3.63, 3.8) is 0 Å². The topological polar surface area (TPSA) is 54.0 Å². The minimum Gasteiger partial charge on any atom is -0.454 e. The van der Waals surface area contributed by atoms with Gasteiger partial charge >= 0.3 is 21.0 Å². The van der Waals surface area contributed by atoms with Crippen molar-refractivity contribution < 1.29 is 40.4 Å². The maximum atomic E-state index is 13.4. The van der Waals surface area contributed by atoms with Gasteiger partial charge < -0.3 is 18.0 Å². The van der Waals surface area contributed by atoms with Crippen LogP contribution in [0.4, 0.5) is 17.6 Å². The first kappa shape index (κ1) is 17.3. The highest BCUT2D eigenvalue weighted by molar-refractivity contribution is 6.61. The highest BCUT2D eigenvalue weighted by Crippen LogP contribution is 2.20. The second kappa shape index (κ2) is 7.02. The van der Waals surface area contributed by atoms with Crippen molar-refractivity contribution in [2.45, 2.75) is 18.4 Å². The fourth-order valence-electron chi connectivity index (χ4n) is 1.05. The maximum absolute atomic E-state index is 13.4. The van der Waals surface area contributed by atoms with Gasteiger partial charge in [-0.3, -0.25) is 0 Å². The van der Waals surface area contributed by atoms with Crippen LogP contribution in [0.25, 0.3) is 0 Å². The van der Waals surface area contributed by atoms with Crippen molar-refractivity contribution in [1.82, 2.24) is 0 Å². The zero-order chi connectivity index (χ0) is 14.4. The Morgan fingerprint density at radius 2 is 1.61 bits per heavy atom. The van der Waals surface area contributed by atoms with E-state index in [-0.39, 0.29) is 0 Å². The van der Waals surface area contributed by atoms with Gasteiger partial charge in [0.05, 0.1) is 6.04 Å². The van der Waals surface area contributed by atoms with Crippen LogP contribution < -0.4 is 0 Å². The minimum absolute atomic E-state index is 0.618. The summed E-state index contributed by atoms with van der Waals surface area (Å²) < 4.78 is 66.9. The van der Waals surface area contributed by atoms with E-state index in [1.165, 1.54) is 21.3 Å². The number of alkyl halides is 4. The predicted molar refractivity (Wildman–Crippen MR) is 53.5 cm³/mol. The summed E-state index contributed by atoms with van der Waals surface area (Å²) >= 11 is 0. The van der Waals surface area contributed by atoms with Crippen LogP contribution in [0, 0.1) is 0 Å². The van der Waals surface area contributed by atoms with Gasteiger partial charge in [0.15, 0.2) is 6.61 Å². The van der Waals surface area contributed by atoms with Gasteiger partial charge in [-0.25, -0.2) is 9.18 Å². The first-order valence-corrected chi connectivity index (χ1v) is 6.66. The number of halogens is 4. The van der Waals surface area contributed by atoms with E-state index in [1.54, 1.807) is 0 Å². The molecule has 0 heterocycles. The summed E-state index contributed by atoms with van der Waals surface area (Å²) in [5, 5.41) is 0. The van der Waals surface area contributed by atoms with Gasteiger partial charge in [-0.05, 0) is 0 Å². The number of carbonyl (C=O) groups is 1. The molecule has 0 aromatic heterocycles. The summed E-state index contributed by atoms with van der Waals surface area (Å²) in [6.07, 6.45) is -7.01. The number of hydrogen-bond donors (Lipinski definition) is 0. The molecule has 0 aliphatic carbocycles. The fourth-order valence-corrected chi connectivity index (χ4v) is 2.65. The highest BCUT2D eigenvalue weighted by atomic mass is 28.4. The summed E-state index contributed by atoms with van der Waals surface area (Å²) in [6, 6.07) is -0.618. The number of rotatable bonds is 7. The lowest BCUT2D eigenvalue weighted by Crippen LogP contribution is -2.46. The molecule has 1 unspecified atom stereocenters. The van der Waals surface area contributed by atoms with Crippen molar-refractivity contribution in [2.75, 3.05) is 27.9 Å². The van der Waals surface area contributed by atoms with Crippen molar-refractivity contribution >= 4 is 14.8 Å². The molecular formula is C8H14F4O5Si. The molecule has 0 radical (unpaired) electrons. The molecule has 0 fully saturated rings. The Labute approximate surface area is 102 Å². The number of esters is 1. The Morgan fingerprint density at radius 3 is 1.94 bits per heavy atom. The largest absolute Gasteiger partial charge is 0.503 e. The normalized spacial score (nSPS) is 14.4. The third-order valence-electron chi connectivity index (χ3n) is 2.00. The quantitative estimate of drug-likeness (QED) is 0.402. The molecule has 0 saturated heterocycles. The van der Waals surface area contributed by atoms with Crippen LogP contribution in [0.2, 0.25) is 6.04 Å². The zero-order valence-electron chi connectivity index (χ0n) is 10.0. The molecule has 0 amide bonds. The molecule has 0 N–H and O–H groups in total. The molecule has 0 aromatic rings. The summed E-state index contributed by atoms with van der Waals surface area (Å²) in [5.74, 6) is -1.63. The van der Waals surface area contributed by atoms with E-state index in [2.05, 4.69) is 4.74 Å². The summed E-state index contributed by atoms with van der Waals surface area (Å²) in [6.45, 7) is -1.84. The molecule has 1 atom stereocenters. The van der Waals surface area contributed by atoms with Gasteiger partial charge in [0.1, 0.15) is 0 Å². The zero-order valence-corrected chi connectivity index (χ0v) is 11.0. The number of hydrogen-bond acceptors (Lipinski definition) is 5. The fraction of sp³-hybridized carbons (Fsp3) is 0.875. The Kier molecular flexibility index (Phi) is 6.74. The van der Waals surface area contributed by atoms with E-state index in [0.717, 1.165) is 0 Å². The Balaban J connectivity index is 4.38. The molecular weight excluding hydrogens is 280 g/mol. The molecule has 0 saturated carbocycles. The Hall–Kier alpha value is -0.713. The third-order valence-corrected chi connectivity index (χ3v) is 4.72. The summed E-state index contributed by atoms with van der Waals surface area (Å²) in [4.78, 5) is 11.0. The summed E-state index contributed by atoms with van der Waals surface area (Å²) in [5.41, 5.74) is 0. The standard InChI is InChI=1S/C8H14F4O5Si/c1-14-18(15-2,16-3)4-6(9)7(13)17-5-8(10,11)12/h6H,4-5H2,1-3H3. The average molecular weight is 294 g/mol. The van der Waals surface area contributed by atoms with Gasteiger partial charge in [-0.2, -0.15) is 13.2 Å². The van der Waals surface area contributed by atoms with Crippen LogP contribution >= 0.6 is 0 Å². The number of carbonyl (C=O) groups excluding carboxylic acids is 1. The van der Waals surface area contributed by atoms with E-state index in [9.17, 15) is 22.4 Å². The van der Waals surface area contributed by atoms with Crippen molar-refractivity contribution in [3.8, 4) is 0 Å². The Morgan fingerprint density at radius 1 is 1.17 bits per heavy atom. The van der Waals surface area contributed by atoms with Crippen molar-refractivity contribution in [2.24, 2.45) is 0 Å². The lowest BCUT2D eigenvalue weighted by Gasteiger charge is -2.25. The lowest BCUT2D eigenvalue weighted by molar-refractivity contribution is -0.189. The SMILES string of the molecule is CO[Si](CC(F)C(=O)OCC(F)(F)F)(OC)OC. The van der Waals surface area contributed by atoms with Gasteiger partial charge in [-0.1, -0.05) is 0 Å². The molecule has 0 aliphatic rings. The first-order valence-electron chi connectivity index (χ1n) is 4.72. The molecule has 0 rings (SSSR count). The molecule has 0 aliphatic heterocycles.